The number of benzene rings is 3. The molecule has 0 unspecified atom stereocenters. The molecule has 11 heteroatoms. The number of ketones is 2. The number of aromatic hydroxyl groups is 2. The van der Waals surface area contributed by atoms with Crippen LogP contribution >= 0.6 is 0 Å². The van der Waals surface area contributed by atoms with Gasteiger partial charge in [0.25, 0.3) is 6.47 Å². The summed E-state index contributed by atoms with van der Waals surface area (Å²) in [6.07, 6.45) is 0. The first-order valence-electron chi connectivity index (χ1n) is 10.5. The van der Waals surface area contributed by atoms with Crippen molar-refractivity contribution in [2.45, 2.75) is 34.3 Å². The van der Waals surface area contributed by atoms with E-state index < -0.39 is 0 Å². The summed E-state index contributed by atoms with van der Waals surface area (Å²) in [5.74, 6) is 0.427. The van der Waals surface area contributed by atoms with Crippen molar-refractivity contribution in [3.8, 4) is 23.3 Å². The Kier molecular flexibility index (Phi) is 26.6. The number of phenolic OH excluding ortho intramolecular Hbond substituents is 2. The smallest absolute Gasteiger partial charge is 1.00 e. The summed E-state index contributed by atoms with van der Waals surface area (Å²) in [6, 6.07) is 21.2. The molecular formula is C27H29K2NO8. The van der Waals surface area contributed by atoms with Crippen molar-refractivity contribution in [2.24, 2.45) is 0 Å². The molecule has 0 aliphatic rings. The maximum absolute atomic E-state index is 11.3. The maximum atomic E-state index is 11.3. The van der Waals surface area contributed by atoms with Gasteiger partial charge in [0.1, 0.15) is 23.9 Å². The normalized spacial score (nSPS) is 8.32. The van der Waals surface area contributed by atoms with Crippen molar-refractivity contribution < 1.29 is 144 Å². The van der Waals surface area contributed by atoms with Gasteiger partial charge in [0.15, 0.2) is 11.6 Å². The minimum absolute atomic E-state index is 0. The Labute approximate surface area is 309 Å². The minimum atomic E-state index is -0.220. The third-order valence-corrected chi connectivity index (χ3v) is 4.23. The molecule has 0 heterocycles. The molecule has 0 saturated heterocycles. The van der Waals surface area contributed by atoms with E-state index in [1.165, 1.54) is 26.0 Å². The van der Waals surface area contributed by atoms with Gasteiger partial charge in [-0.1, -0.05) is 30.3 Å². The number of phenols is 2. The van der Waals surface area contributed by atoms with Crippen molar-refractivity contribution >= 4 is 18.0 Å². The summed E-state index contributed by atoms with van der Waals surface area (Å²) in [6.45, 7) is 6.64. The second kappa shape index (κ2) is 24.6. The van der Waals surface area contributed by atoms with E-state index in [4.69, 9.17) is 30.3 Å². The van der Waals surface area contributed by atoms with Gasteiger partial charge in [0.2, 0.25) is 0 Å². The minimum Gasteiger partial charge on any atom is -1.00 e. The number of nitrogens with zero attached hydrogens (tertiary/aromatic N) is 1. The number of aryl methyl sites for hydroxylation is 1. The Bertz CT molecular complexity index is 1170. The van der Waals surface area contributed by atoms with Crippen LogP contribution in [0.2, 0.25) is 0 Å². The van der Waals surface area contributed by atoms with Gasteiger partial charge < -0.3 is 26.5 Å². The van der Waals surface area contributed by atoms with Gasteiger partial charge in [0, 0.05) is 18.6 Å². The van der Waals surface area contributed by atoms with E-state index in [0.29, 0.717) is 6.61 Å². The van der Waals surface area contributed by atoms with E-state index in [9.17, 15) is 9.59 Å². The second-order valence-corrected chi connectivity index (χ2v) is 6.98. The van der Waals surface area contributed by atoms with Crippen LogP contribution in [0, 0.1) is 18.3 Å². The Morgan fingerprint density at radius 3 is 1.89 bits per heavy atom. The monoisotopic (exact) mass is 573 g/mol. The van der Waals surface area contributed by atoms with Crippen LogP contribution in [0.15, 0.2) is 66.7 Å². The number of Topliss-reactive ketones (excluding diaryl/α,β-unsaturated/α-hetero) is 2. The van der Waals surface area contributed by atoms with Gasteiger partial charge in [-0.3, -0.25) is 14.4 Å². The molecule has 192 valence electrons. The van der Waals surface area contributed by atoms with E-state index in [1.54, 1.807) is 13.0 Å². The van der Waals surface area contributed by atoms with Crippen LogP contribution in [-0.2, 0) is 16.3 Å². The number of hydrogen-bond donors (Lipinski definition) is 2. The molecule has 38 heavy (non-hydrogen) atoms. The van der Waals surface area contributed by atoms with Crippen LogP contribution in [0.4, 0.5) is 0 Å². The molecule has 0 aliphatic heterocycles. The fourth-order valence-electron chi connectivity index (χ4n) is 2.68. The van der Waals surface area contributed by atoms with Crippen LogP contribution in [0.25, 0.3) is 0 Å². The molecule has 3 aromatic rings. The number of carbonyl (C=O) groups is 3. The Hall–Kier alpha value is -1.41. The summed E-state index contributed by atoms with van der Waals surface area (Å²) in [7, 11) is 0. The van der Waals surface area contributed by atoms with Gasteiger partial charge in [-0.2, -0.15) is 5.26 Å². The van der Waals surface area contributed by atoms with Gasteiger partial charge >= 0.3 is 103 Å². The zero-order valence-corrected chi connectivity index (χ0v) is 28.7. The van der Waals surface area contributed by atoms with Crippen molar-refractivity contribution in [3.05, 3.63) is 89.0 Å². The van der Waals surface area contributed by atoms with Crippen LogP contribution in [-0.4, -0.2) is 28.3 Å². The fourth-order valence-corrected chi connectivity index (χ4v) is 2.68. The van der Waals surface area contributed by atoms with E-state index in [0.717, 1.165) is 28.5 Å². The zero-order chi connectivity index (χ0) is 27.5. The van der Waals surface area contributed by atoms with Crippen molar-refractivity contribution in [2.75, 3.05) is 0 Å². The predicted octanol–water partition coefficient (Wildman–Crippen LogP) is -1.84. The molecule has 0 fully saturated rings. The molecule has 0 atom stereocenters. The number of carbonyl (C=O) groups excluding carboxylic acids is 3. The summed E-state index contributed by atoms with van der Waals surface area (Å²) < 4.78 is 5.70. The molecule has 3 aromatic carbocycles. The topological polar surface area (TPSA) is 157 Å². The van der Waals surface area contributed by atoms with E-state index in [2.05, 4.69) is 4.89 Å². The molecular weight excluding hydrogens is 544 g/mol. The van der Waals surface area contributed by atoms with Gasteiger partial charge in [-0.15, -0.1) is 0 Å². The molecule has 0 spiro atoms. The average Bonchev–Trinajstić information content (AvgIpc) is 2.84. The van der Waals surface area contributed by atoms with E-state index >= 15 is 0 Å². The molecule has 3 rings (SSSR count). The second-order valence-electron chi connectivity index (χ2n) is 6.98. The number of hydrogen-bond acceptors (Lipinski definition) is 9. The van der Waals surface area contributed by atoms with E-state index in [-0.39, 0.29) is 139 Å². The van der Waals surface area contributed by atoms with Gasteiger partial charge in [0.05, 0.1) is 11.6 Å². The zero-order valence-electron chi connectivity index (χ0n) is 23.4. The Morgan fingerprint density at radius 1 is 0.974 bits per heavy atom. The molecule has 0 bridgehead atoms. The summed E-state index contributed by atoms with van der Waals surface area (Å²) in [5, 5.41) is 33.7. The van der Waals surface area contributed by atoms with Crippen LogP contribution < -0.4 is 113 Å². The molecule has 0 amide bonds. The summed E-state index contributed by atoms with van der Waals surface area (Å²) >= 11 is 0. The molecule has 9 nitrogen and oxygen atoms in total. The third-order valence-electron chi connectivity index (χ3n) is 4.23. The SMILES string of the molecule is CC#N.CC(=O)c1ccc(O)cc1O.CC(=O)c1ccc(OCc2ccccc2)cc1C.O=CO[O-].[H-].[K+].[K+]. The predicted molar refractivity (Wildman–Crippen MR) is 131 cm³/mol. The number of rotatable bonds is 6. The van der Waals surface area contributed by atoms with Crippen LogP contribution in [0.1, 0.15) is 54.0 Å². The molecule has 0 aromatic heterocycles. The number of ether oxygens (including phenoxy) is 1. The average molecular weight is 574 g/mol. The number of nitriles is 1. The summed E-state index contributed by atoms with van der Waals surface area (Å²) in [5.41, 5.74) is 3.06. The summed E-state index contributed by atoms with van der Waals surface area (Å²) in [4.78, 5) is 33.3. The maximum Gasteiger partial charge on any atom is 1.00 e. The van der Waals surface area contributed by atoms with Crippen molar-refractivity contribution in [3.63, 3.8) is 0 Å². The standard InChI is InChI=1S/C16H16O2.C8H8O3.C2H3N.CH2O3.2K.H/c1-12-10-15(8-9-16(12)13(2)17)18-11-14-6-4-3-5-7-14;1-5(9)7-3-2-6(10)4-8(7)11;1-2-3;2-1-4-3;;;/h3-10H,11H2,1-2H3;2-4,10-11H,1H3;1H3;1,3H;;;/q;;;;2*+1;-1/p-1. The molecule has 0 radical (unpaired) electrons. The first kappa shape index (κ1) is 41.1. The van der Waals surface area contributed by atoms with Crippen LogP contribution in [0.5, 0.6) is 17.2 Å². The molecule has 2 N–H and O–H groups in total. The first-order chi connectivity index (χ1) is 17.1. The largest absolute Gasteiger partial charge is 1.00 e. The van der Waals surface area contributed by atoms with Crippen molar-refractivity contribution in [1.82, 2.24) is 0 Å². The van der Waals surface area contributed by atoms with Gasteiger partial charge in [-0.25, -0.2) is 0 Å². The van der Waals surface area contributed by atoms with E-state index in [1.807, 2.05) is 55.5 Å². The Balaban J connectivity index is -0.000000252. The quantitative estimate of drug-likeness (QED) is 0.114. The first-order valence-corrected chi connectivity index (χ1v) is 10.5. The molecule has 0 aliphatic carbocycles. The fraction of sp³-hybridized carbons (Fsp3) is 0.185. The molecule has 0 saturated carbocycles. The Morgan fingerprint density at radius 2 is 1.47 bits per heavy atom. The third kappa shape index (κ3) is 18.0. The van der Waals surface area contributed by atoms with Crippen LogP contribution in [0.3, 0.4) is 0 Å². The van der Waals surface area contributed by atoms with Crippen molar-refractivity contribution in [1.29, 1.82) is 5.26 Å². The van der Waals surface area contributed by atoms with Gasteiger partial charge in [-0.05, 0) is 62.2 Å².